The van der Waals surface area contributed by atoms with E-state index in [2.05, 4.69) is 6.58 Å². The van der Waals surface area contributed by atoms with E-state index in [9.17, 15) is 4.79 Å². The van der Waals surface area contributed by atoms with Crippen molar-refractivity contribution in [3.8, 4) is 0 Å². The average molecular weight is 146 g/mol. The van der Waals surface area contributed by atoms with Crippen LogP contribution in [0.25, 0.3) is 0 Å². The van der Waals surface area contributed by atoms with Gasteiger partial charge in [0, 0.05) is 10.6 Å². The van der Waals surface area contributed by atoms with Crippen LogP contribution in [0.5, 0.6) is 0 Å². The minimum Gasteiger partial charge on any atom is -0.366 e. The van der Waals surface area contributed by atoms with E-state index >= 15 is 0 Å². The first-order valence-corrected chi connectivity index (χ1v) is 2.74. The Morgan fingerprint density at radius 2 is 2.22 bits per heavy atom. The van der Waals surface area contributed by atoms with Crippen molar-refractivity contribution in [3.05, 3.63) is 23.3 Å². The van der Waals surface area contributed by atoms with E-state index in [0.29, 0.717) is 10.6 Å². The van der Waals surface area contributed by atoms with E-state index in [-0.39, 0.29) is 0 Å². The second-order valence-corrected chi connectivity index (χ2v) is 2.12. The number of hydrogen-bond acceptors (Lipinski definition) is 1. The second-order valence-electron chi connectivity index (χ2n) is 1.64. The Morgan fingerprint density at radius 3 is 2.33 bits per heavy atom. The highest BCUT2D eigenvalue weighted by molar-refractivity contribution is 6.31. The molecule has 0 aliphatic rings. The molecule has 0 fully saturated rings. The van der Waals surface area contributed by atoms with Crippen molar-refractivity contribution in [2.75, 3.05) is 0 Å². The highest BCUT2D eigenvalue weighted by Crippen LogP contribution is 2.02. The maximum Gasteiger partial charge on any atom is 0.244 e. The molecule has 0 aliphatic carbocycles. The third-order valence-corrected chi connectivity index (χ3v) is 0.871. The van der Waals surface area contributed by atoms with Crippen LogP contribution in [0.4, 0.5) is 0 Å². The largest absolute Gasteiger partial charge is 0.366 e. The Hall–Kier alpha value is -0.760. The Bertz CT molecular complexity index is 172. The molecule has 9 heavy (non-hydrogen) atoms. The summed E-state index contributed by atoms with van der Waals surface area (Å²) < 4.78 is 0. The van der Waals surface area contributed by atoms with Crippen molar-refractivity contribution in [1.29, 1.82) is 0 Å². The molecule has 0 aliphatic heterocycles. The topological polar surface area (TPSA) is 43.1 Å². The summed E-state index contributed by atoms with van der Waals surface area (Å²) in [5, 5.41) is 0.311. The predicted molar refractivity (Wildman–Crippen MR) is 37.9 cm³/mol. The quantitative estimate of drug-likeness (QED) is 0.460. The van der Waals surface area contributed by atoms with Crippen molar-refractivity contribution in [2.45, 2.75) is 6.92 Å². The van der Waals surface area contributed by atoms with Crippen molar-refractivity contribution in [3.63, 3.8) is 0 Å². The molecule has 0 atom stereocenters. The van der Waals surface area contributed by atoms with Gasteiger partial charge in [-0.2, -0.15) is 0 Å². The SMILES string of the molecule is C=C(Cl)/C=C(\C)C(N)=O. The van der Waals surface area contributed by atoms with E-state index in [1.54, 1.807) is 6.92 Å². The lowest BCUT2D eigenvalue weighted by atomic mass is 10.3. The summed E-state index contributed by atoms with van der Waals surface area (Å²) >= 11 is 5.34. The first-order chi connectivity index (χ1) is 4.04. The van der Waals surface area contributed by atoms with Gasteiger partial charge in [-0.05, 0) is 13.0 Å². The van der Waals surface area contributed by atoms with Crippen LogP contribution in [0, 0.1) is 0 Å². The van der Waals surface area contributed by atoms with Crippen LogP contribution in [0.2, 0.25) is 0 Å². The number of carbonyl (C=O) groups excluding carboxylic acids is 1. The summed E-state index contributed by atoms with van der Waals surface area (Å²) in [6.07, 6.45) is 1.42. The molecule has 0 aromatic heterocycles. The van der Waals surface area contributed by atoms with Gasteiger partial charge in [0.05, 0.1) is 0 Å². The van der Waals surface area contributed by atoms with E-state index in [1.165, 1.54) is 6.08 Å². The summed E-state index contributed by atoms with van der Waals surface area (Å²) in [4.78, 5) is 10.3. The molecule has 0 heterocycles. The molecule has 0 spiro atoms. The fourth-order valence-electron chi connectivity index (χ4n) is 0.306. The van der Waals surface area contributed by atoms with Crippen LogP contribution in [0.1, 0.15) is 6.92 Å². The molecule has 0 unspecified atom stereocenters. The van der Waals surface area contributed by atoms with Crippen molar-refractivity contribution >= 4 is 17.5 Å². The van der Waals surface area contributed by atoms with E-state index in [0.717, 1.165) is 0 Å². The monoisotopic (exact) mass is 145 g/mol. The van der Waals surface area contributed by atoms with Gasteiger partial charge in [0.25, 0.3) is 0 Å². The summed E-state index contributed by atoms with van der Waals surface area (Å²) in [5.74, 6) is -0.475. The van der Waals surface area contributed by atoms with Crippen LogP contribution in [-0.4, -0.2) is 5.91 Å². The lowest BCUT2D eigenvalue weighted by Gasteiger charge is -1.89. The van der Waals surface area contributed by atoms with E-state index < -0.39 is 5.91 Å². The minimum absolute atomic E-state index is 0.311. The highest BCUT2D eigenvalue weighted by Gasteiger charge is 1.94. The molecule has 0 aromatic rings. The van der Waals surface area contributed by atoms with Gasteiger partial charge in [0.15, 0.2) is 0 Å². The third-order valence-electron chi connectivity index (χ3n) is 0.762. The van der Waals surface area contributed by atoms with Gasteiger partial charge in [-0.1, -0.05) is 18.2 Å². The van der Waals surface area contributed by atoms with Gasteiger partial charge in [0.1, 0.15) is 0 Å². The summed E-state index contributed by atoms with van der Waals surface area (Å²) in [7, 11) is 0. The predicted octanol–water partition coefficient (Wildman–Crippen LogP) is 1.17. The van der Waals surface area contributed by atoms with Crippen LogP contribution in [-0.2, 0) is 4.79 Å². The zero-order chi connectivity index (χ0) is 7.44. The number of amides is 1. The molecule has 2 N–H and O–H groups in total. The fourth-order valence-corrected chi connectivity index (χ4v) is 0.470. The molecule has 1 amide bonds. The number of rotatable bonds is 2. The number of primary amides is 1. The Balaban J connectivity index is 4.17. The van der Waals surface area contributed by atoms with Gasteiger partial charge in [-0.3, -0.25) is 4.79 Å². The molecule has 0 rings (SSSR count). The Labute approximate surface area is 59.0 Å². The summed E-state index contributed by atoms with van der Waals surface area (Å²) in [6.45, 7) is 4.94. The molecule has 0 bridgehead atoms. The Morgan fingerprint density at radius 1 is 1.78 bits per heavy atom. The number of hydrogen-bond donors (Lipinski definition) is 1. The van der Waals surface area contributed by atoms with E-state index in [4.69, 9.17) is 17.3 Å². The molecule has 50 valence electrons. The molecule has 2 nitrogen and oxygen atoms in total. The average Bonchev–Trinajstić information content (AvgIpc) is 1.63. The van der Waals surface area contributed by atoms with Gasteiger partial charge >= 0.3 is 0 Å². The lowest BCUT2D eigenvalue weighted by Crippen LogP contribution is -2.11. The number of nitrogens with two attached hydrogens (primary N) is 1. The molecular formula is C6H8ClNO. The van der Waals surface area contributed by atoms with Crippen molar-refractivity contribution in [2.24, 2.45) is 5.73 Å². The fraction of sp³-hybridized carbons (Fsp3) is 0.167. The third kappa shape index (κ3) is 3.79. The second kappa shape index (κ2) is 3.30. The molecular weight excluding hydrogens is 138 g/mol. The minimum atomic E-state index is -0.475. The van der Waals surface area contributed by atoms with Gasteiger partial charge in [-0.25, -0.2) is 0 Å². The maximum absolute atomic E-state index is 10.3. The number of carbonyl (C=O) groups is 1. The zero-order valence-corrected chi connectivity index (χ0v) is 5.90. The van der Waals surface area contributed by atoms with Gasteiger partial charge < -0.3 is 5.73 Å². The van der Waals surface area contributed by atoms with Crippen LogP contribution < -0.4 is 5.73 Å². The van der Waals surface area contributed by atoms with Gasteiger partial charge in [0.2, 0.25) is 5.91 Å². The highest BCUT2D eigenvalue weighted by atomic mass is 35.5. The van der Waals surface area contributed by atoms with Crippen LogP contribution in [0.15, 0.2) is 23.3 Å². The number of halogens is 1. The smallest absolute Gasteiger partial charge is 0.244 e. The van der Waals surface area contributed by atoms with Gasteiger partial charge in [-0.15, -0.1) is 0 Å². The zero-order valence-electron chi connectivity index (χ0n) is 5.15. The lowest BCUT2D eigenvalue weighted by molar-refractivity contribution is -0.114. The Kier molecular flexibility index (Phi) is 3.02. The maximum atomic E-state index is 10.3. The molecule has 0 saturated carbocycles. The standard InChI is InChI=1S/C6H8ClNO/c1-4(6(8)9)3-5(2)7/h3H,2H2,1H3,(H2,8,9)/b4-3+. The normalized spacial score (nSPS) is 11.1. The molecule has 0 radical (unpaired) electrons. The first-order valence-electron chi connectivity index (χ1n) is 2.36. The first kappa shape index (κ1) is 8.24. The van der Waals surface area contributed by atoms with E-state index in [1.807, 2.05) is 0 Å². The number of allylic oxidation sites excluding steroid dienone is 2. The summed E-state index contributed by atoms with van der Waals surface area (Å²) in [5.41, 5.74) is 5.29. The van der Waals surface area contributed by atoms with Crippen LogP contribution >= 0.6 is 11.6 Å². The van der Waals surface area contributed by atoms with Crippen LogP contribution in [0.3, 0.4) is 0 Å². The molecule has 0 aromatic carbocycles. The van der Waals surface area contributed by atoms with Crippen molar-refractivity contribution in [1.82, 2.24) is 0 Å². The molecule has 3 heteroatoms. The summed E-state index contributed by atoms with van der Waals surface area (Å²) in [6, 6.07) is 0. The molecule has 0 saturated heterocycles. The van der Waals surface area contributed by atoms with Crippen molar-refractivity contribution < 1.29 is 4.79 Å².